The van der Waals surface area contributed by atoms with Crippen molar-refractivity contribution in [2.45, 2.75) is 26.7 Å². The molecule has 1 aliphatic rings. The minimum Gasteiger partial charge on any atom is -0.492 e. The molecule has 0 aliphatic carbocycles. The van der Waals surface area contributed by atoms with E-state index in [2.05, 4.69) is 40.4 Å². The first-order chi connectivity index (χ1) is 9.79. The summed E-state index contributed by atoms with van der Waals surface area (Å²) >= 11 is 0. The Labute approximate surface area is 119 Å². The Hall–Kier alpha value is -2.10. The third-order valence-corrected chi connectivity index (χ3v) is 3.47. The lowest BCUT2D eigenvalue weighted by molar-refractivity contribution is 0.358. The molecule has 0 radical (unpaired) electrons. The molecule has 3 rings (SSSR count). The van der Waals surface area contributed by atoms with Gasteiger partial charge in [0.15, 0.2) is 0 Å². The van der Waals surface area contributed by atoms with Gasteiger partial charge in [0.05, 0.1) is 12.3 Å². The highest BCUT2D eigenvalue weighted by Gasteiger charge is 2.19. The number of rotatable bonds is 4. The van der Waals surface area contributed by atoms with Crippen molar-refractivity contribution in [1.82, 2.24) is 9.97 Å². The number of hydrogen-bond donors (Lipinski definition) is 1. The Balaban J connectivity index is 2.03. The van der Waals surface area contributed by atoms with E-state index >= 15 is 0 Å². The number of nitrogens with zero attached hydrogens (tertiary/aromatic N) is 2. The first-order valence-electron chi connectivity index (χ1n) is 7.12. The zero-order valence-corrected chi connectivity index (χ0v) is 11.9. The zero-order chi connectivity index (χ0) is 13.9. The summed E-state index contributed by atoms with van der Waals surface area (Å²) in [6.07, 6.45) is 3.90. The number of ether oxygens (including phenoxy) is 1. The third-order valence-electron chi connectivity index (χ3n) is 3.47. The quantitative estimate of drug-likeness (QED) is 0.926. The van der Waals surface area contributed by atoms with Gasteiger partial charge in [-0.2, -0.15) is 0 Å². The fraction of sp³-hybridized carbons (Fsp3) is 0.375. The van der Waals surface area contributed by atoms with E-state index in [1.54, 1.807) is 0 Å². The molecule has 0 unspecified atom stereocenters. The number of para-hydroxylation sites is 1. The molecule has 20 heavy (non-hydrogen) atoms. The van der Waals surface area contributed by atoms with E-state index in [1.807, 2.05) is 13.1 Å². The Morgan fingerprint density at radius 2 is 2.25 bits per heavy atom. The predicted octanol–water partition coefficient (Wildman–Crippen LogP) is 3.21. The number of aromatic nitrogens is 2. The van der Waals surface area contributed by atoms with Crippen molar-refractivity contribution >= 4 is 5.95 Å². The van der Waals surface area contributed by atoms with E-state index in [0.29, 0.717) is 5.95 Å². The maximum Gasteiger partial charge on any atom is 0.223 e. The Morgan fingerprint density at radius 1 is 1.35 bits per heavy atom. The van der Waals surface area contributed by atoms with Gasteiger partial charge in [0.25, 0.3) is 0 Å². The summed E-state index contributed by atoms with van der Waals surface area (Å²) < 4.78 is 5.78. The number of benzene rings is 1. The van der Waals surface area contributed by atoms with Crippen LogP contribution in [-0.2, 0) is 6.42 Å². The standard InChI is InChI=1S/C16H19N3O/c1-3-8-17-16-18-10-11(2)14(19-16)13-6-4-5-12-7-9-20-15(12)13/h4-6,10H,3,7-9H2,1-2H3,(H,17,18,19). The number of nitrogens with one attached hydrogen (secondary N) is 1. The molecule has 4 heteroatoms. The first kappa shape index (κ1) is 12.9. The second-order valence-electron chi connectivity index (χ2n) is 5.04. The summed E-state index contributed by atoms with van der Waals surface area (Å²) in [5.74, 6) is 1.67. The molecule has 0 saturated heterocycles. The van der Waals surface area contributed by atoms with Gasteiger partial charge in [-0.05, 0) is 30.5 Å². The molecule has 4 nitrogen and oxygen atoms in total. The molecular weight excluding hydrogens is 250 g/mol. The van der Waals surface area contributed by atoms with Gasteiger partial charge in [-0.15, -0.1) is 0 Å². The van der Waals surface area contributed by atoms with E-state index in [1.165, 1.54) is 5.56 Å². The highest BCUT2D eigenvalue weighted by atomic mass is 16.5. The van der Waals surface area contributed by atoms with Crippen molar-refractivity contribution < 1.29 is 4.74 Å². The summed E-state index contributed by atoms with van der Waals surface area (Å²) in [5.41, 5.74) is 4.36. The number of fused-ring (bicyclic) bond motifs is 1. The normalized spacial score (nSPS) is 12.9. The van der Waals surface area contributed by atoms with Gasteiger partial charge in [0.1, 0.15) is 5.75 Å². The molecule has 2 heterocycles. The van der Waals surface area contributed by atoms with Crippen LogP contribution in [0.1, 0.15) is 24.5 Å². The van der Waals surface area contributed by atoms with Gasteiger partial charge in [-0.1, -0.05) is 19.1 Å². The Kier molecular flexibility index (Phi) is 3.54. The number of anilines is 1. The Bertz CT molecular complexity index is 625. The van der Waals surface area contributed by atoms with E-state index in [-0.39, 0.29) is 0 Å². The van der Waals surface area contributed by atoms with Gasteiger partial charge < -0.3 is 10.1 Å². The summed E-state index contributed by atoms with van der Waals surface area (Å²) in [6, 6.07) is 6.27. The zero-order valence-electron chi connectivity index (χ0n) is 11.9. The minimum atomic E-state index is 0.683. The van der Waals surface area contributed by atoms with E-state index in [0.717, 1.165) is 48.6 Å². The van der Waals surface area contributed by atoms with Gasteiger partial charge >= 0.3 is 0 Å². The van der Waals surface area contributed by atoms with Crippen LogP contribution in [0.5, 0.6) is 5.75 Å². The minimum absolute atomic E-state index is 0.683. The number of aryl methyl sites for hydroxylation is 1. The molecule has 2 aromatic rings. The molecule has 1 N–H and O–H groups in total. The maximum atomic E-state index is 5.78. The molecular formula is C16H19N3O. The highest BCUT2D eigenvalue weighted by Crippen LogP contribution is 2.37. The second-order valence-corrected chi connectivity index (χ2v) is 5.04. The maximum absolute atomic E-state index is 5.78. The van der Waals surface area contributed by atoms with E-state index in [4.69, 9.17) is 4.74 Å². The topological polar surface area (TPSA) is 47.0 Å². The SMILES string of the molecule is CCCNc1ncc(C)c(-c2cccc3c2OCC3)n1. The van der Waals surface area contributed by atoms with Gasteiger partial charge in [0, 0.05) is 24.7 Å². The van der Waals surface area contributed by atoms with Crippen LogP contribution >= 0.6 is 0 Å². The van der Waals surface area contributed by atoms with Crippen molar-refractivity contribution in [2.24, 2.45) is 0 Å². The third kappa shape index (κ3) is 2.33. The predicted molar refractivity (Wildman–Crippen MR) is 80.2 cm³/mol. The van der Waals surface area contributed by atoms with Crippen LogP contribution in [0.15, 0.2) is 24.4 Å². The molecule has 1 aromatic carbocycles. The lowest BCUT2D eigenvalue weighted by atomic mass is 10.0. The smallest absolute Gasteiger partial charge is 0.223 e. The van der Waals surface area contributed by atoms with Gasteiger partial charge in [-0.25, -0.2) is 9.97 Å². The average Bonchev–Trinajstić information content (AvgIpc) is 2.95. The van der Waals surface area contributed by atoms with Crippen molar-refractivity contribution in [1.29, 1.82) is 0 Å². The fourth-order valence-electron chi connectivity index (χ4n) is 2.44. The van der Waals surface area contributed by atoms with Crippen LogP contribution in [0.3, 0.4) is 0 Å². The lowest BCUT2D eigenvalue weighted by Crippen LogP contribution is -2.05. The molecule has 104 valence electrons. The van der Waals surface area contributed by atoms with Crippen LogP contribution in [-0.4, -0.2) is 23.1 Å². The van der Waals surface area contributed by atoms with Crippen LogP contribution < -0.4 is 10.1 Å². The van der Waals surface area contributed by atoms with Crippen molar-refractivity contribution in [3.8, 4) is 17.0 Å². The van der Waals surface area contributed by atoms with Crippen LogP contribution in [0.2, 0.25) is 0 Å². The van der Waals surface area contributed by atoms with E-state index in [9.17, 15) is 0 Å². The molecule has 0 atom stereocenters. The summed E-state index contributed by atoms with van der Waals surface area (Å²) in [6.45, 7) is 5.80. The lowest BCUT2D eigenvalue weighted by Gasteiger charge is -2.11. The molecule has 0 spiro atoms. The summed E-state index contributed by atoms with van der Waals surface area (Å²) in [4.78, 5) is 8.99. The molecule has 0 bridgehead atoms. The molecule has 1 aliphatic heterocycles. The fourth-order valence-corrected chi connectivity index (χ4v) is 2.44. The molecule has 1 aromatic heterocycles. The second kappa shape index (κ2) is 5.49. The van der Waals surface area contributed by atoms with Crippen molar-refractivity contribution in [3.63, 3.8) is 0 Å². The molecule has 0 saturated carbocycles. The average molecular weight is 269 g/mol. The first-order valence-corrected chi connectivity index (χ1v) is 7.12. The van der Waals surface area contributed by atoms with Crippen LogP contribution in [0.4, 0.5) is 5.95 Å². The summed E-state index contributed by atoms with van der Waals surface area (Å²) in [5, 5.41) is 3.24. The monoisotopic (exact) mass is 269 g/mol. The molecule has 0 amide bonds. The van der Waals surface area contributed by atoms with Gasteiger partial charge in [0.2, 0.25) is 5.95 Å². The van der Waals surface area contributed by atoms with Gasteiger partial charge in [-0.3, -0.25) is 0 Å². The largest absolute Gasteiger partial charge is 0.492 e. The van der Waals surface area contributed by atoms with Crippen molar-refractivity contribution in [3.05, 3.63) is 35.5 Å². The number of hydrogen-bond acceptors (Lipinski definition) is 4. The Morgan fingerprint density at radius 3 is 3.10 bits per heavy atom. The van der Waals surface area contributed by atoms with Crippen molar-refractivity contribution in [2.75, 3.05) is 18.5 Å². The van der Waals surface area contributed by atoms with E-state index < -0.39 is 0 Å². The molecule has 0 fully saturated rings. The summed E-state index contributed by atoms with van der Waals surface area (Å²) in [7, 11) is 0. The van der Waals surface area contributed by atoms with Crippen LogP contribution in [0.25, 0.3) is 11.3 Å². The van der Waals surface area contributed by atoms with Crippen LogP contribution in [0, 0.1) is 6.92 Å². The highest BCUT2D eigenvalue weighted by molar-refractivity contribution is 5.72.